The summed E-state index contributed by atoms with van der Waals surface area (Å²) >= 11 is 0. The highest BCUT2D eigenvalue weighted by atomic mass is 19.1. The second-order valence-electron chi connectivity index (χ2n) is 4.85. The van der Waals surface area contributed by atoms with Gasteiger partial charge < -0.3 is 10.3 Å². The van der Waals surface area contributed by atoms with E-state index in [1.54, 1.807) is 12.1 Å². The molecule has 3 rings (SSSR count). The van der Waals surface area contributed by atoms with Gasteiger partial charge in [0.2, 0.25) is 0 Å². The van der Waals surface area contributed by atoms with E-state index in [9.17, 15) is 4.39 Å². The third kappa shape index (κ3) is 1.95. The zero-order valence-corrected chi connectivity index (χ0v) is 9.82. The first-order valence-electron chi connectivity index (χ1n) is 6.28. The average molecular weight is 232 g/mol. The highest BCUT2D eigenvalue weighted by molar-refractivity contribution is 5.84. The Balaban J connectivity index is 2.09. The van der Waals surface area contributed by atoms with Gasteiger partial charge in [0.15, 0.2) is 0 Å². The molecule has 1 aliphatic carbocycles. The molecule has 17 heavy (non-hydrogen) atoms. The molecular weight excluding hydrogens is 215 g/mol. The van der Waals surface area contributed by atoms with Crippen LogP contribution < -0.4 is 5.73 Å². The molecule has 0 amide bonds. The third-order valence-corrected chi connectivity index (χ3v) is 3.47. The van der Waals surface area contributed by atoms with Crippen LogP contribution in [0.3, 0.4) is 0 Å². The van der Waals surface area contributed by atoms with Crippen LogP contribution in [-0.2, 0) is 6.42 Å². The van der Waals surface area contributed by atoms with Gasteiger partial charge in [-0.05, 0) is 56.0 Å². The van der Waals surface area contributed by atoms with E-state index in [2.05, 4.69) is 10.8 Å². The van der Waals surface area contributed by atoms with Gasteiger partial charge in [-0.2, -0.15) is 0 Å². The number of hydrogen-bond donors (Lipinski definition) is 1. The molecule has 2 N–H and O–H groups in total. The van der Waals surface area contributed by atoms with Crippen molar-refractivity contribution in [2.24, 2.45) is 5.73 Å². The molecule has 0 saturated heterocycles. The van der Waals surface area contributed by atoms with Crippen molar-refractivity contribution in [1.82, 2.24) is 4.57 Å². The van der Waals surface area contributed by atoms with Gasteiger partial charge in [0.1, 0.15) is 5.82 Å². The fourth-order valence-electron chi connectivity index (χ4n) is 2.44. The van der Waals surface area contributed by atoms with Crippen molar-refractivity contribution in [2.45, 2.75) is 31.7 Å². The first kappa shape index (κ1) is 10.8. The van der Waals surface area contributed by atoms with E-state index in [1.807, 2.05) is 6.07 Å². The SMILES string of the molecule is NCCCc1cn(C2CC2)c2ccc(F)cc12. The van der Waals surface area contributed by atoms with Crippen LogP contribution in [0.25, 0.3) is 10.9 Å². The first-order chi connectivity index (χ1) is 8.29. The van der Waals surface area contributed by atoms with Crippen LogP contribution in [-0.4, -0.2) is 11.1 Å². The van der Waals surface area contributed by atoms with Crippen LogP contribution in [0.4, 0.5) is 4.39 Å². The van der Waals surface area contributed by atoms with Gasteiger partial charge in [-0.15, -0.1) is 0 Å². The van der Waals surface area contributed by atoms with Crippen LogP contribution in [0.15, 0.2) is 24.4 Å². The minimum Gasteiger partial charge on any atom is -0.344 e. The monoisotopic (exact) mass is 232 g/mol. The number of nitrogens with zero attached hydrogens (tertiary/aromatic N) is 1. The van der Waals surface area contributed by atoms with Crippen molar-refractivity contribution in [3.63, 3.8) is 0 Å². The van der Waals surface area contributed by atoms with Gasteiger partial charge in [0, 0.05) is 23.1 Å². The maximum atomic E-state index is 13.3. The minimum absolute atomic E-state index is 0.153. The Kier molecular flexibility index (Phi) is 2.63. The van der Waals surface area contributed by atoms with Crippen LogP contribution >= 0.6 is 0 Å². The summed E-state index contributed by atoms with van der Waals surface area (Å²) in [6, 6.07) is 5.73. The average Bonchev–Trinajstić information content (AvgIpc) is 3.10. The van der Waals surface area contributed by atoms with Crippen molar-refractivity contribution in [2.75, 3.05) is 6.54 Å². The summed E-state index contributed by atoms with van der Waals surface area (Å²) in [7, 11) is 0. The lowest BCUT2D eigenvalue weighted by Gasteiger charge is -2.01. The Morgan fingerprint density at radius 1 is 1.35 bits per heavy atom. The molecule has 1 aliphatic rings. The highest BCUT2D eigenvalue weighted by Crippen LogP contribution is 2.39. The summed E-state index contributed by atoms with van der Waals surface area (Å²) in [4.78, 5) is 0. The molecule has 3 heteroatoms. The molecular formula is C14H17FN2. The maximum absolute atomic E-state index is 13.3. The third-order valence-electron chi connectivity index (χ3n) is 3.47. The van der Waals surface area contributed by atoms with E-state index >= 15 is 0 Å². The molecule has 0 aliphatic heterocycles. The number of halogens is 1. The molecule has 0 bridgehead atoms. The summed E-state index contributed by atoms with van der Waals surface area (Å²) < 4.78 is 15.6. The van der Waals surface area contributed by atoms with Crippen molar-refractivity contribution in [3.8, 4) is 0 Å². The number of rotatable bonds is 4. The molecule has 0 radical (unpaired) electrons. The zero-order chi connectivity index (χ0) is 11.8. The molecule has 0 spiro atoms. The number of benzene rings is 1. The molecule has 90 valence electrons. The van der Waals surface area contributed by atoms with Gasteiger partial charge in [0.05, 0.1) is 0 Å². The lowest BCUT2D eigenvalue weighted by atomic mass is 10.1. The van der Waals surface area contributed by atoms with E-state index < -0.39 is 0 Å². The van der Waals surface area contributed by atoms with E-state index in [4.69, 9.17) is 5.73 Å². The summed E-state index contributed by atoms with van der Waals surface area (Å²) in [6.45, 7) is 0.686. The highest BCUT2D eigenvalue weighted by Gasteiger charge is 2.25. The first-order valence-corrected chi connectivity index (χ1v) is 6.28. The van der Waals surface area contributed by atoms with Crippen LogP contribution in [0.1, 0.15) is 30.9 Å². The number of hydrogen-bond acceptors (Lipinski definition) is 1. The minimum atomic E-state index is -0.153. The molecule has 1 saturated carbocycles. The van der Waals surface area contributed by atoms with E-state index in [0.717, 1.165) is 18.2 Å². The van der Waals surface area contributed by atoms with Gasteiger partial charge in [-0.3, -0.25) is 0 Å². The number of aryl methyl sites for hydroxylation is 1. The summed E-state index contributed by atoms with van der Waals surface area (Å²) in [5, 5.41) is 1.06. The van der Waals surface area contributed by atoms with Gasteiger partial charge in [0.25, 0.3) is 0 Å². The summed E-state index contributed by atoms with van der Waals surface area (Å²) in [5.74, 6) is -0.153. The zero-order valence-electron chi connectivity index (χ0n) is 9.82. The number of nitrogens with two attached hydrogens (primary N) is 1. The molecule has 2 aromatic rings. The molecule has 1 heterocycles. The molecule has 0 unspecified atom stereocenters. The van der Waals surface area contributed by atoms with Crippen LogP contribution in [0.5, 0.6) is 0 Å². The van der Waals surface area contributed by atoms with Crippen molar-refractivity contribution in [1.29, 1.82) is 0 Å². The normalized spacial score (nSPS) is 15.6. The number of fused-ring (bicyclic) bond motifs is 1. The lowest BCUT2D eigenvalue weighted by molar-refractivity contribution is 0.629. The Hall–Kier alpha value is -1.35. The second-order valence-corrected chi connectivity index (χ2v) is 4.85. The quantitative estimate of drug-likeness (QED) is 0.863. The van der Waals surface area contributed by atoms with E-state index in [1.165, 1.54) is 23.9 Å². The fourth-order valence-corrected chi connectivity index (χ4v) is 2.44. The number of aromatic nitrogens is 1. The molecule has 2 nitrogen and oxygen atoms in total. The Labute approximate surface area is 100 Å². The van der Waals surface area contributed by atoms with E-state index in [0.29, 0.717) is 12.6 Å². The van der Waals surface area contributed by atoms with Crippen molar-refractivity contribution >= 4 is 10.9 Å². The fraction of sp³-hybridized carbons (Fsp3) is 0.429. The van der Waals surface area contributed by atoms with Crippen molar-refractivity contribution < 1.29 is 4.39 Å². The molecule has 1 aromatic heterocycles. The van der Waals surface area contributed by atoms with Gasteiger partial charge >= 0.3 is 0 Å². The standard InChI is InChI=1S/C14H17FN2/c15-11-3-6-14-13(8-11)10(2-1-7-16)9-17(14)12-4-5-12/h3,6,8-9,12H,1-2,4-5,7,16H2. The second kappa shape index (κ2) is 4.15. The topological polar surface area (TPSA) is 30.9 Å². The summed E-state index contributed by atoms with van der Waals surface area (Å²) in [6.07, 6.45) is 6.59. The van der Waals surface area contributed by atoms with Crippen molar-refractivity contribution in [3.05, 3.63) is 35.8 Å². The maximum Gasteiger partial charge on any atom is 0.123 e. The predicted octanol–water partition coefficient (Wildman–Crippen LogP) is 3.01. The van der Waals surface area contributed by atoms with Gasteiger partial charge in [-0.1, -0.05) is 0 Å². The summed E-state index contributed by atoms with van der Waals surface area (Å²) in [5.41, 5.74) is 7.95. The Morgan fingerprint density at radius 3 is 2.88 bits per heavy atom. The van der Waals surface area contributed by atoms with Crippen LogP contribution in [0.2, 0.25) is 0 Å². The molecule has 1 aromatic carbocycles. The smallest absolute Gasteiger partial charge is 0.123 e. The van der Waals surface area contributed by atoms with Crippen LogP contribution in [0, 0.1) is 5.82 Å². The Morgan fingerprint density at radius 2 is 2.18 bits per heavy atom. The molecule has 0 atom stereocenters. The largest absolute Gasteiger partial charge is 0.344 e. The Bertz CT molecular complexity index is 540. The predicted molar refractivity (Wildman–Crippen MR) is 67.5 cm³/mol. The molecule has 1 fully saturated rings. The van der Waals surface area contributed by atoms with Gasteiger partial charge in [-0.25, -0.2) is 4.39 Å². The lowest BCUT2D eigenvalue weighted by Crippen LogP contribution is -2.00. The van der Waals surface area contributed by atoms with E-state index in [-0.39, 0.29) is 5.82 Å².